The molecule has 0 aliphatic carbocycles. The van der Waals surface area contributed by atoms with E-state index in [4.69, 9.17) is 16.7 Å². The monoisotopic (exact) mass is 197 g/mol. The molecule has 0 fully saturated rings. The second kappa shape index (κ2) is 5.62. The Morgan fingerprint density at radius 3 is 2.54 bits per heavy atom. The maximum Gasteiger partial charge on any atom is 0.0566 e. The number of benzene rings is 1. The minimum atomic E-state index is 0.0849. The number of alkyl halides is 1. The molecule has 1 aromatic carbocycles. The highest BCUT2D eigenvalue weighted by Crippen LogP contribution is 2.09. The number of aromatic nitrogens is 1. The van der Waals surface area contributed by atoms with Gasteiger partial charge in [-0.15, -0.1) is 11.6 Å². The van der Waals surface area contributed by atoms with Crippen LogP contribution in [0.1, 0.15) is 0 Å². The van der Waals surface area contributed by atoms with Crippen LogP contribution >= 0.6 is 11.6 Å². The van der Waals surface area contributed by atoms with Gasteiger partial charge in [0.05, 0.1) is 6.61 Å². The second-order valence-electron chi connectivity index (χ2n) is 2.48. The van der Waals surface area contributed by atoms with Crippen LogP contribution in [0.3, 0.4) is 0 Å². The van der Waals surface area contributed by atoms with Crippen LogP contribution in [0.25, 0.3) is 10.9 Å². The highest BCUT2D eigenvalue weighted by Gasteiger charge is 1.86. The molecule has 1 aromatic heterocycles. The molecule has 3 heteroatoms. The van der Waals surface area contributed by atoms with Gasteiger partial charge in [-0.1, -0.05) is 18.2 Å². The lowest BCUT2D eigenvalue weighted by Crippen LogP contribution is -1.76. The van der Waals surface area contributed by atoms with Crippen molar-refractivity contribution < 1.29 is 5.11 Å². The zero-order valence-corrected chi connectivity index (χ0v) is 7.96. The van der Waals surface area contributed by atoms with E-state index in [1.165, 1.54) is 10.9 Å². The topological polar surface area (TPSA) is 36.0 Å². The van der Waals surface area contributed by atoms with Gasteiger partial charge in [-0.3, -0.25) is 0 Å². The first-order chi connectivity index (χ1) is 6.38. The number of halogens is 1. The summed E-state index contributed by atoms with van der Waals surface area (Å²) in [5.41, 5.74) is 1.21. The number of nitrogens with one attached hydrogen (secondary N) is 1. The molecule has 0 atom stereocenters. The predicted octanol–water partition coefficient (Wildman–Crippen LogP) is 2.39. The summed E-state index contributed by atoms with van der Waals surface area (Å²) in [6.07, 6.45) is 1.95. The number of H-pyrrole nitrogens is 1. The smallest absolute Gasteiger partial charge is 0.0566 e. The Kier molecular flexibility index (Phi) is 4.36. The van der Waals surface area contributed by atoms with Crippen molar-refractivity contribution in [2.24, 2.45) is 0 Å². The molecule has 0 unspecified atom stereocenters. The number of aliphatic hydroxyl groups excluding tert-OH is 1. The largest absolute Gasteiger partial charge is 0.395 e. The third-order valence-corrected chi connectivity index (χ3v) is 1.72. The van der Waals surface area contributed by atoms with Crippen LogP contribution in [0.5, 0.6) is 0 Å². The van der Waals surface area contributed by atoms with Crippen LogP contribution in [0.4, 0.5) is 0 Å². The van der Waals surface area contributed by atoms with E-state index in [9.17, 15) is 0 Å². The Morgan fingerprint density at radius 1 is 1.23 bits per heavy atom. The molecule has 2 rings (SSSR count). The minimum Gasteiger partial charge on any atom is -0.395 e. The average molecular weight is 198 g/mol. The van der Waals surface area contributed by atoms with E-state index in [0.717, 1.165) is 0 Å². The lowest BCUT2D eigenvalue weighted by molar-refractivity contribution is 0.321. The summed E-state index contributed by atoms with van der Waals surface area (Å²) in [7, 11) is 0. The van der Waals surface area contributed by atoms with Crippen LogP contribution in [-0.2, 0) is 0 Å². The average Bonchev–Trinajstić information content (AvgIpc) is 2.66. The first-order valence-electron chi connectivity index (χ1n) is 4.07. The van der Waals surface area contributed by atoms with Gasteiger partial charge in [-0.2, -0.15) is 0 Å². The molecule has 0 aliphatic heterocycles. The molecule has 0 saturated carbocycles. The van der Waals surface area contributed by atoms with Crippen LogP contribution in [0.15, 0.2) is 36.5 Å². The van der Waals surface area contributed by atoms with Gasteiger partial charge >= 0.3 is 0 Å². The number of hydrogen-bond acceptors (Lipinski definition) is 1. The summed E-state index contributed by atoms with van der Waals surface area (Å²) >= 11 is 4.94. The summed E-state index contributed by atoms with van der Waals surface area (Å²) in [5.74, 6) is 0.347. The molecule has 2 nitrogen and oxygen atoms in total. The first kappa shape index (κ1) is 10.1. The fraction of sp³-hybridized carbons (Fsp3) is 0.200. The lowest BCUT2D eigenvalue weighted by atomic mass is 10.3. The molecular formula is C10H12ClNO. The van der Waals surface area contributed by atoms with Crippen molar-refractivity contribution in [3.63, 3.8) is 0 Å². The molecule has 70 valence electrons. The van der Waals surface area contributed by atoms with Crippen LogP contribution in [-0.4, -0.2) is 22.6 Å². The van der Waals surface area contributed by atoms with E-state index in [2.05, 4.69) is 23.2 Å². The van der Waals surface area contributed by atoms with Gasteiger partial charge in [0.25, 0.3) is 0 Å². The van der Waals surface area contributed by atoms with Crippen molar-refractivity contribution in [2.45, 2.75) is 0 Å². The Bertz CT molecular complexity index is 313. The molecule has 0 amide bonds. The van der Waals surface area contributed by atoms with Gasteiger partial charge in [0.1, 0.15) is 0 Å². The first-order valence-corrected chi connectivity index (χ1v) is 4.61. The zero-order valence-electron chi connectivity index (χ0n) is 7.20. The van der Waals surface area contributed by atoms with Gasteiger partial charge in [0, 0.05) is 17.6 Å². The van der Waals surface area contributed by atoms with Crippen LogP contribution in [0.2, 0.25) is 0 Å². The quantitative estimate of drug-likeness (QED) is 0.677. The van der Waals surface area contributed by atoms with Gasteiger partial charge in [-0.05, 0) is 17.5 Å². The summed E-state index contributed by atoms with van der Waals surface area (Å²) < 4.78 is 0. The normalized spacial score (nSPS) is 9.38. The summed E-state index contributed by atoms with van der Waals surface area (Å²) in [6, 6.07) is 10.3. The van der Waals surface area contributed by atoms with Crippen molar-refractivity contribution in [3.8, 4) is 0 Å². The highest BCUT2D eigenvalue weighted by molar-refractivity contribution is 6.17. The maximum absolute atomic E-state index is 7.74. The summed E-state index contributed by atoms with van der Waals surface area (Å²) in [6.45, 7) is 0.0849. The van der Waals surface area contributed by atoms with E-state index in [0.29, 0.717) is 5.88 Å². The number of para-hydroxylation sites is 1. The minimum absolute atomic E-state index is 0.0849. The Balaban J connectivity index is 0.000000184. The number of hydrogen-bond donors (Lipinski definition) is 2. The van der Waals surface area contributed by atoms with Crippen molar-refractivity contribution >= 4 is 22.5 Å². The van der Waals surface area contributed by atoms with E-state index in [1.807, 2.05) is 18.3 Å². The fourth-order valence-electron chi connectivity index (χ4n) is 0.995. The second-order valence-corrected chi connectivity index (χ2v) is 2.86. The van der Waals surface area contributed by atoms with E-state index >= 15 is 0 Å². The van der Waals surface area contributed by atoms with E-state index in [-0.39, 0.29) is 6.61 Å². The van der Waals surface area contributed by atoms with Gasteiger partial charge in [0.15, 0.2) is 0 Å². The molecule has 0 aliphatic rings. The lowest BCUT2D eigenvalue weighted by Gasteiger charge is -1.83. The van der Waals surface area contributed by atoms with Crippen molar-refractivity contribution in [1.29, 1.82) is 0 Å². The predicted molar refractivity (Wildman–Crippen MR) is 56.1 cm³/mol. The van der Waals surface area contributed by atoms with E-state index in [1.54, 1.807) is 0 Å². The van der Waals surface area contributed by atoms with Crippen LogP contribution in [0, 0.1) is 0 Å². The Morgan fingerprint density at radius 2 is 1.92 bits per heavy atom. The number of aromatic amines is 1. The van der Waals surface area contributed by atoms with Crippen LogP contribution < -0.4 is 0 Å². The van der Waals surface area contributed by atoms with Crippen molar-refractivity contribution in [3.05, 3.63) is 36.5 Å². The molecule has 0 saturated heterocycles. The van der Waals surface area contributed by atoms with Gasteiger partial charge in [-0.25, -0.2) is 0 Å². The van der Waals surface area contributed by atoms with Gasteiger partial charge < -0.3 is 10.1 Å². The highest BCUT2D eigenvalue weighted by atomic mass is 35.5. The molecule has 0 radical (unpaired) electrons. The molecule has 2 aromatic rings. The Labute approximate surface area is 82.2 Å². The zero-order chi connectivity index (χ0) is 9.52. The standard InChI is InChI=1S/C8H7N.C2H5ClO/c1-2-4-8-7(3-1)5-6-9-8;3-1-2-4/h1-6,9H;4H,1-2H2. The van der Waals surface area contributed by atoms with Crippen molar-refractivity contribution in [2.75, 3.05) is 12.5 Å². The molecular weight excluding hydrogens is 186 g/mol. The third-order valence-electron chi connectivity index (χ3n) is 1.55. The number of rotatable bonds is 1. The Hall–Kier alpha value is -0.990. The molecule has 1 heterocycles. The van der Waals surface area contributed by atoms with Gasteiger partial charge in [0.2, 0.25) is 0 Å². The SMILES string of the molecule is OCCCl.c1ccc2[nH]ccc2c1. The fourth-order valence-corrected chi connectivity index (χ4v) is 0.995. The van der Waals surface area contributed by atoms with Crippen molar-refractivity contribution in [1.82, 2.24) is 4.98 Å². The molecule has 2 N–H and O–H groups in total. The molecule has 13 heavy (non-hydrogen) atoms. The number of fused-ring (bicyclic) bond motifs is 1. The number of aliphatic hydroxyl groups is 1. The molecule has 0 spiro atoms. The third kappa shape index (κ3) is 3.09. The summed E-state index contributed by atoms with van der Waals surface area (Å²) in [4.78, 5) is 3.12. The van der Waals surface area contributed by atoms with E-state index < -0.39 is 0 Å². The molecule has 0 bridgehead atoms. The maximum atomic E-state index is 7.74. The summed E-state index contributed by atoms with van der Waals surface area (Å²) in [5, 5.41) is 9.02.